The number of thioether (sulfide) groups is 1. The minimum Gasteiger partial charge on any atom is -0.455 e. The van der Waals surface area contributed by atoms with Crippen LogP contribution in [0.15, 0.2) is 48.5 Å². The van der Waals surface area contributed by atoms with Gasteiger partial charge in [-0.05, 0) is 49.2 Å². The number of carbonyl (C=O) groups is 3. The van der Waals surface area contributed by atoms with Crippen LogP contribution in [-0.2, 0) is 25.5 Å². The van der Waals surface area contributed by atoms with Crippen molar-refractivity contribution in [2.75, 3.05) is 29.1 Å². The topological polar surface area (TPSA) is 75.7 Å². The van der Waals surface area contributed by atoms with Crippen LogP contribution in [0.25, 0.3) is 0 Å². The Kier molecular flexibility index (Phi) is 6.87. The predicted molar refractivity (Wildman–Crippen MR) is 110 cm³/mol. The van der Waals surface area contributed by atoms with Gasteiger partial charge in [-0.3, -0.25) is 14.4 Å². The number of anilines is 2. The lowest BCUT2D eigenvalue weighted by molar-refractivity contribution is -0.146. The summed E-state index contributed by atoms with van der Waals surface area (Å²) in [5.41, 5.74) is 2.43. The summed E-state index contributed by atoms with van der Waals surface area (Å²) in [5.74, 6) is -1.49. The van der Waals surface area contributed by atoms with Gasteiger partial charge in [0, 0.05) is 17.9 Å². The van der Waals surface area contributed by atoms with Crippen molar-refractivity contribution >= 4 is 40.9 Å². The summed E-state index contributed by atoms with van der Waals surface area (Å²) in [6, 6.07) is 13.1. The van der Waals surface area contributed by atoms with E-state index in [2.05, 4.69) is 5.32 Å². The summed E-state index contributed by atoms with van der Waals surface area (Å²) < 4.78 is 18.0. The van der Waals surface area contributed by atoms with Gasteiger partial charge < -0.3 is 15.0 Å². The molecule has 0 spiro atoms. The van der Waals surface area contributed by atoms with E-state index in [4.69, 9.17) is 4.74 Å². The minimum atomic E-state index is -0.604. The van der Waals surface area contributed by atoms with E-state index < -0.39 is 11.2 Å². The van der Waals surface area contributed by atoms with Crippen molar-refractivity contribution in [3.63, 3.8) is 0 Å². The zero-order chi connectivity index (χ0) is 20.8. The van der Waals surface area contributed by atoms with Gasteiger partial charge in [-0.1, -0.05) is 18.2 Å². The van der Waals surface area contributed by atoms with E-state index in [9.17, 15) is 18.8 Å². The summed E-state index contributed by atoms with van der Waals surface area (Å²) in [5, 5.41) is 2.02. The van der Waals surface area contributed by atoms with Crippen molar-refractivity contribution in [2.45, 2.75) is 18.6 Å². The van der Waals surface area contributed by atoms with Crippen molar-refractivity contribution < 1.29 is 23.5 Å². The summed E-state index contributed by atoms with van der Waals surface area (Å²) >= 11 is 1.10. The maximum absolute atomic E-state index is 12.9. The molecule has 1 N–H and O–H groups in total. The van der Waals surface area contributed by atoms with Gasteiger partial charge in [0.1, 0.15) is 11.1 Å². The fraction of sp³-hybridized carbons (Fsp3) is 0.286. The largest absolute Gasteiger partial charge is 0.455 e. The SMILES string of the molecule is C[C@H](SCC(=O)Nc1ccc(F)cc1)C(=O)OCC(=O)N1CCc2ccccc21. The molecule has 152 valence electrons. The molecule has 0 radical (unpaired) electrons. The van der Waals surface area contributed by atoms with Crippen molar-refractivity contribution in [2.24, 2.45) is 0 Å². The Morgan fingerprint density at radius 3 is 2.66 bits per heavy atom. The molecule has 6 nitrogen and oxygen atoms in total. The number of fused-ring (bicyclic) bond motifs is 1. The average molecular weight is 416 g/mol. The fourth-order valence-corrected chi connectivity index (χ4v) is 3.60. The molecule has 2 aromatic carbocycles. The van der Waals surface area contributed by atoms with Gasteiger partial charge in [0.15, 0.2) is 6.61 Å². The van der Waals surface area contributed by atoms with E-state index in [1.807, 2.05) is 24.3 Å². The zero-order valence-corrected chi connectivity index (χ0v) is 16.7. The molecule has 0 saturated heterocycles. The Morgan fingerprint density at radius 2 is 1.90 bits per heavy atom. The quantitative estimate of drug-likeness (QED) is 0.703. The molecule has 29 heavy (non-hydrogen) atoms. The lowest BCUT2D eigenvalue weighted by atomic mass is 10.2. The Morgan fingerprint density at radius 1 is 1.17 bits per heavy atom. The zero-order valence-electron chi connectivity index (χ0n) is 15.9. The number of esters is 1. The first-order valence-corrected chi connectivity index (χ1v) is 10.2. The standard InChI is InChI=1S/C21H21FN2O4S/c1-14(29-13-19(25)23-17-8-6-16(22)7-9-17)21(27)28-12-20(26)24-11-10-15-4-2-3-5-18(15)24/h2-9,14H,10-13H2,1H3,(H,23,25)/t14-/m0/s1. The van der Waals surface area contributed by atoms with Crippen LogP contribution in [-0.4, -0.2) is 41.9 Å². The summed E-state index contributed by atoms with van der Waals surface area (Å²) in [4.78, 5) is 38.1. The van der Waals surface area contributed by atoms with Gasteiger partial charge in [0.05, 0.1) is 5.75 Å². The molecule has 1 heterocycles. The van der Waals surface area contributed by atoms with Crippen LogP contribution in [0.5, 0.6) is 0 Å². The number of nitrogens with one attached hydrogen (secondary N) is 1. The lowest BCUT2D eigenvalue weighted by Crippen LogP contribution is -2.34. The van der Waals surface area contributed by atoms with Crippen LogP contribution < -0.4 is 10.2 Å². The van der Waals surface area contributed by atoms with Gasteiger partial charge in [0.2, 0.25) is 5.91 Å². The molecule has 1 aliphatic heterocycles. The molecule has 2 aromatic rings. The van der Waals surface area contributed by atoms with E-state index in [0.29, 0.717) is 12.2 Å². The molecule has 0 aromatic heterocycles. The van der Waals surface area contributed by atoms with Crippen LogP contribution in [0.1, 0.15) is 12.5 Å². The van der Waals surface area contributed by atoms with Crippen LogP contribution in [0.2, 0.25) is 0 Å². The number of carbonyl (C=O) groups excluding carboxylic acids is 3. The third-order valence-electron chi connectivity index (χ3n) is 4.45. The highest BCUT2D eigenvalue weighted by atomic mass is 32.2. The van der Waals surface area contributed by atoms with Crippen LogP contribution in [0, 0.1) is 5.82 Å². The van der Waals surface area contributed by atoms with E-state index in [-0.39, 0.29) is 30.0 Å². The summed E-state index contributed by atoms with van der Waals surface area (Å²) in [6.45, 7) is 1.86. The predicted octanol–water partition coefficient (Wildman–Crippen LogP) is 3.02. The van der Waals surface area contributed by atoms with Crippen molar-refractivity contribution in [3.05, 3.63) is 59.9 Å². The summed E-state index contributed by atoms with van der Waals surface area (Å²) in [6.07, 6.45) is 0.783. The second-order valence-corrected chi connectivity index (χ2v) is 7.87. The third kappa shape index (κ3) is 5.57. The summed E-state index contributed by atoms with van der Waals surface area (Å²) in [7, 11) is 0. The number of para-hydroxylation sites is 1. The molecule has 3 rings (SSSR count). The lowest BCUT2D eigenvalue weighted by Gasteiger charge is -2.18. The van der Waals surface area contributed by atoms with Gasteiger partial charge in [-0.2, -0.15) is 0 Å². The molecular formula is C21H21FN2O4S. The van der Waals surface area contributed by atoms with Gasteiger partial charge in [-0.25, -0.2) is 4.39 Å². The number of nitrogens with zero attached hydrogens (tertiary/aromatic N) is 1. The number of ether oxygens (including phenoxy) is 1. The number of hydrogen-bond donors (Lipinski definition) is 1. The monoisotopic (exact) mass is 416 g/mol. The molecule has 2 amide bonds. The molecular weight excluding hydrogens is 395 g/mol. The van der Waals surface area contributed by atoms with Crippen molar-refractivity contribution in [3.8, 4) is 0 Å². The third-order valence-corrected chi connectivity index (χ3v) is 5.57. The van der Waals surface area contributed by atoms with Crippen LogP contribution >= 0.6 is 11.8 Å². The highest BCUT2D eigenvalue weighted by molar-refractivity contribution is 8.01. The molecule has 8 heteroatoms. The van der Waals surface area contributed by atoms with Crippen LogP contribution in [0.3, 0.4) is 0 Å². The maximum Gasteiger partial charge on any atom is 0.319 e. The van der Waals surface area contributed by atoms with E-state index in [1.165, 1.54) is 24.3 Å². The Labute approximate surface area is 172 Å². The first-order valence-electron chi connectivity index (χ1n) is 9.16. The molecule has 0 saturated carbocycles. The van der Waals surface area contributed by atoms with Gasteiger partial charge in [0.25, 0.3) is 5.91 Å². The highest BCUT2D eigenvalue weighted by Gasteiger charge is 2.26. The molecule has 0 aliphatic carbocycles. The highest BCUT2D eigenvalue weighted by Crippen LogP contribution is 2.27. The molecule has 0 fully saturated rings. The smallest absolute Gasteiger partial charge is 0.319 e. The number of benzene rings is 2. The first kappa shape index (κ1) is 20.9. The number of hydrogen-bond acceptors (Lipinski definition) is 5. The van der Waals surface area contributed by atoms with Crippen molar-refractivity contribution in [1.29, 1.82) is 0 Å². The number of halogens is 1. The second-order valence-electron chi connectivity index (χ2n) is 6.54. The number of rotatable bonds is 7. The molecule has 1 atom stereocenters. The molecule has 0 unspecified atom stereocenters. The molecule has 1 aliphatic rings. The van der Waals surface area contributed by atoms with Gasteiger partial charge >= 0.3 is 5.97 Å². The Bertz CT molecular complexity index is 904. The van der Waals surface area contributed by atoms with E-state index in [0.717, 1.165) is 29.4 Å². The molecule has 0 bridgehead atoms. The van der Waals surface area contributed by atoms with Gasteiger partial charge in [-0.15, -0.1) is 11.8 Å². The minimum absolute atomic E-state index is 0.0289. The fourth-order valence-electron chi connectivity index (χ4n) is 2.92. The van der Waals surface area contributed by atoms with E-state index in [1.54, 1.807) is 11.8 Å². The normalized spacial score (nSPS) is 13.5. The Balaban J connectivity index is 1.40. The first-order chi connectivity index (χ1) is 13.9. The van der Waals surface area contributed by atoms with Crippen LogP contribution in [0.4, 0.5) is 15.8 Å². The number of amides is 2. The maximum atomic E-state index is 12.9. The van der Waals surface area contributed by atoms with Crippen molar-refractivity contribution in [1.82, 2.24) is 0 Å². The second kappa shape index (κ2) is 9.56. The average Bonchev–Trinajstić information content (AvgIpc) is 3.16. The Hall–Kier alpha value is -2.87. The van der Waals surface area contributed by atoms with E-state index >= 15 is 0 Å².